The lowest BCUT2D eigenvalue weighted by Crippen LogP contribution is -2.16. The van der Waals surface area contributed by atoms with Gasteiger partial charge in [-0.1, -0.05) is 23.7 Å². The molecule has 29 heavy (non-hydrogen) atoms. The molecule has 9 heteroatoms. The van der Waals surface area contributed by atoms with E-state index in [1.54, 1.807) is 18.2 Å². The zero-order valence-corrected chi connectivity index (χ0v) is 16.5. The lowest BCUT2D eigenvalue weighted by atomic mass is 10.1. The maximum atomic E-state index is 12.6. The Balaban J connectivity index is 1.80. The zero-order valence-electron chi connectivity index (χ0n) is 14.9. The molecule has 3 aromatic carbocycles. The van der Waals surface area contributed by atoms with Crippen LogP contribution in [0.3, 0.4) is 0 Å². The molecular formula is C20H16ClN3O4S. The smallest absolute Gasteiger partial charge is 0.261 e. The summed E-state index contributed by atoms with van der Waals surface area (Å²) in [6.07, 6.45) is 0. The number of hydrogen-bond donors (Lipinski definition) is 3. The molecule has 0 saturated carbocycles. The van der Waals surface area contributed by atoms with Gasteiger partial charge in [0.25, 0.3) is 15.9 Å². The fourth-order valence-corrected chi connectivity index (χ4v) is 3.72. The van der Waals surface area contributed by atoms with E-state index in [4.69, 9.17) is 17.3 Å². The Morgan fingerprint density at radius 2 is 1.48 bits per heavy atom. The number of amides is 2. The summed E-state index contributed by atoms with van der Waals surface area (Å²) in [5.74, 6) is -1.16. The lowest BCUT2D eigenvalue weighted by Gasteiger charge is -2.11. The van der Waals surface area contributed by atoms with Gasteiger partial charge in [0.1, 0.15) is 0 Å². The third-order valence-electron chi connectivity index (χ3n) is 3.91. The molecule has 0 spiro atoms. The van der Waals surface area contributed by atoms with Crippen molar-refractivity contribution < 1.29 is 18.0 Å². The summed E-state index contributed by atoms with van der Waals surface area (Å²) in [4.78, 5) is 23.7. The van der Waals surface area contributed by atoms with Crippen LogP contribution in [0, 0.1) is 0 Å². The molecule has 0 atom stereocenters. The Morgan fingerprint density at radius 1 is 0.828 bits per heavy atom. The normalized spacial score (nSPS) is 10.9. The second-order valence-electron chi connectivity index (χ2n) is 6.04. The first-order chi connectivity index (χ1) is 13.7. The Kier molecular flexibility index (Phi) is 5.86. The number of halogens is 1. The van der Waals surface area contributed by atoms with Crippen LogP contribution < -0.4 is 15.8 Å². The number of rotatable bonds is 6. The van der Waals surface area contributed by atoms with Gasteiger partial charge >= 0.3 is 0 Å². The van der Waals surface area contributed by atoms with Crippen LogP contribution >= 0.6 is 11.6 Å². The minimum Gasteiger partial charge on any atom is -0.366 e. The first-order valence-electron chi connectivity index (χ1n) is 8.34. The van der Waals surface area contributed by atoms with Gasteiger partial charge in [-0.15, -0.1) is 0 Å². The van der Waals surface area contributed by atoms with Crippen LogP contribution in [0.25, 0.3) is 0 Å². The van der Waals surface area contributed by atoms with E-state index in [-0.39, 0.29) is 21.7 Å². The maximum Gasteiger partial charge on any atom is 0.261 e. The molecular weight excluding hydrogens is 414 g/mol. The summed E-state index contributed by atoms with van der Waals surface area (Å²) in [5.41, 5.74) is 6.27. The first-order valence-corrected chi connectivity index (χ1v) is 10.2. The maximum absolute atomic E-state index is 12.6. The Morgan fingerprint density at radius 3 is 2.17 bits per heavy atom. The number of carbonyl (C=O) groups is 2. The van der Waals surface area contributed by atoms with Crippen molar-refractivity contribution in [3.8, 4) is 0 Å². The van der Waals surface area contributed by atoms with E-state index in [9.17, 15) is 18.0 Å². The molecule has 3 rings (SSSR count). The van der Waals surface area contributed by atoms with Gasteiger partial charge in [0.15, 0.2) is 0 Å². The average molecular weight is 430 g/mol. The second-order valence-corrected chi connectivity index (χ2v) is 8.16. The van der Waals surface area contributed by atoms with E-state index >= 15 is 0 Å². The fraction of sp³-hybridized carbons (Fsp3) is 0. The van der Waals surface area contributed by atoms with Crippen molar-refractivity contribution in [3.05, 3.63) is 88.9 Å². The van der Waals surface area contributed by atoms with Crippen LogP contribution in [0.4, 0.5) is 11.4 Å². The van der Waals surface area contributed by atoms with Crippen molar-refractivity contribution in [2.45, 2.75) is 4.90 Å². The Hall–Kier alpha value is -3.36. The highest BCUT2D eigenvalue weighted by Crippen LogP contribution is 2.21. The lowest BCUT2D eigenvalue weighted by molar-refractivity contribution is 0.1000. The van der Waals surface area contributed by atoms with E-state index in [0.29, 0.717) is 10.7 Å². The van der Waals surface area contributed by atoms with Crippen LogP contribution in [0.1, 0.15) is 20.7 Å². The molecule has 0 bridgehead atoms. The van der Waals surface area contributed by atoms with Crippen LogP contribution in [0.5, 0.6) is 0 Å². The van der Waals surface area contributed by atoms with Gasteiger partial charge in [-0.05, 0) is 60.7 Å². The SMILES string of the molecule is NC(=O)c1cccc(C(=O)Nc2cccc(S(=O)(=O)Nc3ccc(Cl)cc3)c2)c1. The molecule has 3 aromatic rings. The average Bonchev–Trinajstić information content (AvgIpc) is 2.70. The van der Waals surface area contributed by atoms with Gasteiger partial charge in [0, 0.05) is 27.5 Å². The summed E-state index contributed by atoms with van der Waals surface area (Å²) in [7, 11) is -3.87. The number of primary amides is 1. The standard InChI is InChI=1S/C20H16ClN3O4S/c21-15-7-9-16(10-8-15)24-29(27,28)18-6-2-5-17(12-18)23-20(26)14-4-1-3-13(11-14)19(22)25/h1-12,24H,(H2,22,25)(H,23,26). The van der Waals surface area contributed by atoms with Gasteiger partial charge in [-0.3, -0.25) is 14.3 Å². The molecule has 0 aliphatic heterocycles. The third kappa shape index (κ3) is 5.13. The molecule has 0 radical (unpaired) electrons. The Labute approximate surface area is 172 Å². The van der Waals surface area contributed by atoms with E-state index < -0.39 is 21.8 Å². The van der Waals surface area contributed by atoms with Crippen LogP contribution in [0.15, 0.2) is 77.7 Å². The van der Waals surface area contributed by atoms with Gasteiger partial charge in [-0.25, -0.2) is 8.42 Å². The van der Waals surface area contributed by atoms with Crippen LogP contribution in [-0.4, -0.2) is 20.2 Å². The number of nitrogens with two attached hydrogens (primary N) is 1. The molecule has 0 aromatic heterocycles. The highest BCUT2D eigenvalue weighted by molar-refractivity contribution is 7.92. The largest absolute Gasteiger partial charge is 0.366 e. The van der Waals surface area contributed by atoms with Crippen LogP contribution in [-0.2, 0) is 10.0 Å². The number of hydrogen-bond acceptors (Lipinski definition) is 4. The van der Waals surface area contributed by atoms with E-state index in [1.165, 1.54) is 54.6 Å². The summed E-state index contributed by atoms with van der Waals surface area (Å²) < 4.78 is 27.7. The number of benzene rings is 3. The predicted molar refractivity (Wildman–Crippen MR) is 112 cm³/mol. The predicted octanol–water partition coefficient (Wildman–Crippen LogP) is 3.49. The molecule has 148 valence electrons. The van der Waals surface area contributed by atoms with E-state index in [1.807, 2.05) is 0 Å². The van der Waals surface area contributed by atoms with Gasteiger partial charge in [0.05, 0.1) is 4.90 Å². The molecule has 7 nitrogen and oxygen atoms in total. The van der Waals surface area contributed by atoms with Crippen molar-refractivity contribution in [1.82, 2.24) is 0 Å². The van der Waals surface area contributed by atoms with Gasteiger partial charge in [-0.2, -0.15) is 0 Å². The number of sulfonamides is 1. The topological polar surface area (TPSA) is 118 Å². The zero-order chi connectivity index (χ0) is 21.0. The molecule has 0 saturated heterocycles. The Bertz CT molecular complexity index is 1180. The number of anilines is 2. The van der Waals surface area contributed by atoms with Crippen LogP contribution in [0.2, 0.25) is 5.02 Å². The second kappa shape index (κ2) is 8.34. The minimum absolute atomic E-state index is 0.0314. The number of nitrogens with one attached hydrogen (secondary N) is 2. The quantitative estimate of drug-likeness (QED) is 0.555. The van der Waals surface area contributed by atoms with E-state index in [2.05, 4.69) is 10.0 Å². The summed E-state index contributed by atoms with van der Waals surface area (Å²) >= 11 is 5.80. The van der Waals surface area contributed by atoms with Crippen molar-refractivity contribution in [3.63, 3.8) is 0 Å². The summed E-state index contributed by atoms with van der Waals surface area (Å²) in [5, 5.41) is 3.09. The van der Waals surface area contributed by atoms with Crippen molar-refractivity contribution in [2.24, 2.45) is 5.73 Å². The van der Waals surface area contributed by atoms with Gasteiger partial charge < -0.3 is 11.1 Å². The molecule has 0 unspecified atom stereocenters. The molecule has 0 aliphatic carbocycles. The van der Waals surface area contributed by atoms with E-state index in [0.717, 1.165) is 0 Å². The molecule has 0 aliphatic rings. The fourth-order valence-electron chi connectivity index (χ4n) is 2.49. The van der Waals surface area contributed by atoms with Crippen molar-refractivity contribution in [2.75, 3.05) is 10.0 Å². The summed E-state index contributed by atoms with van der Waals surface area (Å²) in [6.45, 7) is 0. The summed E-state index contributed by atoms with van der Waals surface area (Å²) in [6, 6.07) is 17.9. The molecule has 4 N–H and O–H groups in total. The first kappa shape index (κ1) is 20.4. The number of carbonyl (C=O) groups excluding carboxylic acids is 2. The molecule has 0 fully saturated rings. The highest BCUT2D eigenvalue weighted by atomic mass is 35.5. The van der Waals surface area contributed by atoms with Crippen molar-refractivity contribution >= 4 is 44.8 Å². The minimum atomic E-state index is -3.87. The molecule has 0 heterocycles. The monoisotopic (exact) mass is 429 g/mol. The van der Waals surface area contributed by atoms with Gasteiger partial charge in [0.2, 0.25) is 5.91 Å². The third-order valence-corrected chi connectivity index (χ3v) is 5.54. The molecule has 2 amide bonds. The highest BCUT2D eigenvalue weighted by Gasteiger charge is 2.16. The van der Waals surface area contributed by atoms with Crippen molar-refractivity contribution in [1.29, 1.82) is 0 Å².